The van der Waals surface area contributed by atoms with Crippen LogP contribution < -0.4 is 4.72 Å². The molecule has 0 aliphatic heterocycles. The van der Waals surface area contributed by atoms with E-state index in [9.17, 15) is 8.42 Å². The summed E-state index contributed by atoms with van der Waals surface area (Å²) >= 11 is 0. The van der Waals surface area contributed by atoms with Gasteiger partial charge in [-0.3, -0.25) is 5.10 Å². The lowest BCUT2D eigenvalue weighted by atomic mass is 9.90. The number of hydrogen-bond donors (Lipinski definition) is 2. The van der Waals surface area contributed by atoms with Crippen LogP contribution in [0.5, 0.6) is 0 Å². The zero-order valence-electron chi connectivity index (χ0n) is 9.15. The van der Waals surface area contributed by atoms with Gasteiger partial charge in [-0.05, 0) is 18.8 Å². The molecule has 0 saturated heterocycles. The lowest BCUT2D eigenvalue weighted by molar-refractivity contribution is 0.357. The van der Waals surface area contributed by atoms with Gasteiger partial charge in [-0.15, -0.1) is 0 Å². The average molecular weight is 243 g/mol. The number of aromatic nitrogens is 2. The van der Waals surface area contributed by atoms with E-state index in [2.05, 4.69) is 14.9 Å². The second-order valence-electron chi connectivity index (χ2n) is 4.29. The molecular weight excluding hydrogens is 226 g/mol. The van der Waals surface area contributed by atoms with Crippen LogP contribution in [-0.4, -0.2) is 25.2 Å². The Balaban J connectivity index is 1.89. The SMILES string of the molecule is O=S(=O)(NCC1CCCCC1)c1cn[nH]c1. The lowest BCUT2D eigenvalue weighted by Crippen LogP contribution is -2.30. The van der Waals surface area contributed by atoms with E-state index < -0.39 is 10.0 Å². The molecule has 0 amide bonds. The van der Waals surface area contributed by atoms with Crippen LogP contribution in [0.4, 0.5) is 0 Å². The van der Waals surface area contributed by atoms with E-state index in [0.29, 0.717) is 12.5 Å². The van der Waals surface area contributed by atoms with Gasteiger partial charge in [-0.25, -0.2) is 13.1 Å². The highest BCUT2D eigenvalue weighted by atomic mass is 32.2. The summed E-state index contributed by atoms with van der Waals surface area (Å²) in [6.07, 6.45) is 8.70. The first-order valence-corrected chi connectivity index (χ1v) is 7.15. The maximum Gasteiger partial charge on any atom is 0.243 e. The van der Waals surface area contributed by atoms with Gasteiger partial charge in [0.15, 0.2) is 0 Å². The Morgan fingerprint density at radius 1 is 1.38 bits per heavy atom. The van der Waals surface area contributed by atoms with Gasteiger partial charge < -0.3 is 0 Å². The minimum atomic E-state index is -3.36. The highest BCUT2D eigenvalue weighted by Gasteiger charge is 2.19. The fourth-order valence-electron chi connectivity index (χ4n) is 2.09. The van der Waals surface area contributed by atoms with Gasteiger partial charge in [0, 0.05) is 12.7 Å². The van der Waals surface area contributed by atoms with Crippen molar-refractivity contribution in [1.82, 2.24) is 14.9 Å². The zero-order chi connectivity index (χ0) is 11.4. The maximum absolute atomic E-state index is 11.8. The third kappa shape index (κ3) is 2.82. The van der Waals surface area contributed by atoms with Crippen LogP contribution in [0.15, 0.2) is 17.3 Å². The van der Waals surface area contributed by atoms with Crippen LogP contribution >= 0.6 is 0 Å². The van der Waals surface area contributed by atoms with Crippen molar-refractivity contribution < 1.29 is 8.42 Å². The van der Waals surface area contributed by atoms with Crippen molar-refractivity contribution in [2.24, 2.45) is 5.92 Å². The van der Waals surface area contributed by atoms with E-state index >= 15 is 0 Å². The number of nitrogens with one attached hydrogen (secondary N) is 2. The molecule has 2 N–H and O–H groups in total. The van der Waals surface area contributed by atoms with E-state index in [0.717, 1.165) is 12.8 Å². The molecule has 1 aliphatic rings. The first-order valence-electron chi connectivity index (χ1n) is 5.67. The van der Waals surface area contributed by atoms with Crippen molar-refractivity contribution in [2.75, 3.05) is 6.54 Å². The van der Waals surface area contributed by atoms with Gasteiger partial charge in [-0.2, -0.15) is 5.10 Å². The molecule has 90 valence electrons. The highest BCUT2D eigenvalue weighted by molar-refractivity contribution is 7.89. The molecule has 0 aromatic carbocycles. The largest absolute Gasteiger partial charge is 0.284 e. The molecule has 0 atom stereocenters. The topological polar surface area (TPSA) is 74.8 Å². The third-order valence-electron chi connectivity index (χ3n) is 3.07. The van der Waals surface area contributed by atoms with Crippen molar-refractivity contribution in [3.8, 4) is 0 Å². The Hall–Kier alpha value is -0.880. The summed E-state index contributed by atoms with van der Waals surface area (Å²) in [5, 5.41) is 6.14. The number of nitrogens with zero attached hydrogens (tertiary/aromatic N) is 1. The van der Waals surface area contributed by atoms with Crippen LogP contribution in [-0.2, 0) is 10.0 Å². The van der Waals surface area contributed by atoms with Gasteiger partial charge in [0.25, 0.3) is 0 Å². The summed E-state index contributed by atoms with van der Waals surface area (Å²) in [6, 6.07) is 0. The minimum absolute atomic E-state index is 0.211. The first kappa shape index (κ1) is 11.6. The summed E-state index contributed by atoms with van der Waals surface area (Å²) in [6.45, 7) is 0.549. The molecule has 1 aromatic rings. The predicted octanol–water partition coefficient (Wildman–Crippen LogP) is 1.27. The first-order chi connectivity index (χ1) is 7.68. The van der Waals surface area contributed by atoms with Gasteiger partial charge in [-0.1, -0.05) is 19.3 Å². The molecule has 0 bridgehead atoms. The molecule has 5 nitrogen and oxygen atoms in total. The molecule has 0 spiro atoms. The smallest absolute Gasteiger partial charge is 0.243 e. The number of sulfonamides is 1. The van der Waals surface area contributed by atoms with E-state index in [1.54, 1.807) is 0 Å². The second-order valence-corrected chi connectivity index (χ2v) is 6.06. The number of H-pyrrole nitrogens is 1. The maximum atomic E-state index is 11.8. The Kier molecular flexibility index (Phi) is 3.60. The summed E-state index contributed by atoms with van der Waals surface area (Å²) in [4.78, 5) is 0.211. The van der Waals surface area contributed by atoms with Crippen molar-refractivity contribution in [1.29, 1.82) is 0 Å². The summed E-state index contributed by atoms with van der Waals surface area (Å²) < 4.78 is 26.2. The van der Waals surface area contributed by atoms with Crippen molar-refractivity contribution in [3.05, 3.63) is 12.4 Å². The molecule has 6 heteroatoms. The third-order valence-corrected chi connectivity index (χ3v) is 4.46. The number of rotatable bonds is 4. The predicted molar refractivity (Wildman–Crippen MR) is 60.4 cm³/mol. The molecule has 16 heavy (non-hydrogen) atoms. The monoisotopic (exact) mass is 243 g/mol. The quantitative estimate of drug-likeness (QED) is 0.836. The molecule has 2 rings (SSSR count). The van der Waals surface area contributed by atoms with E-state index in [-0.39, 0.29) is 4.90 Å². The van der Waals surface area contributed by atoms with Crippen molar-refractivity contribution >= 4 is 10.0 Å². The summed E-state index contributed by atoms with van der Waals surface area (Å²) in [5.74, 6) is 0.496. The summed E-state index contributed by atoms with van der Waals surface area (Å²) in [5.41, 5.74) is 0. The second kappa shape index (κ2) is 4.97. The average Bonchev–Trinajstić information content (AvgIpc) is 2.82. The number of aromatic amines is 1. The van der Waals surface area contributed by atoms with E-state index in [1.807, 2.05) is 0 Å². The molecule has 1 aromatic heterocycles. The Labute approximate surface area is 95.7 Å². The van der Waals surface area contributed by atoms with Crippen LogP contribution in [0.3, 0.4) is 0 Å². The van der Waals surface area contributed by atoms with Crippen LogP contribution in [0, 0.1) is 5.92 Å². The summed E-state index contributed by atoms with van der Waals surface area (Å²) in [7, 11) is -3.36. The van der Waals surface area contributed by atoms with Crippen molar-refractivity contribution in [2.45, 2.75) is 37.0 Å². The standard InChI is InChI=1S/C10H17N3O2S/c14-16(15,10-7-11-12-8-10)13-6-9-4-2-1-3-5-9/h7-9,13H,1-6H2,(H,11,12). The minimum Gasteiger partial charge on any atom is -0.284 e. The highest BCUT2D eigenvalue weighted by Crippen LogP contribution is 2.23. The van der Waals surface area contributed by atoms with Crippen molar-refractivity contribution in [3.63, 3.8) is 0 Å². The van der Waals surface area contributed by atoms with E-state index in [1.165, 1.54) is 31.7 Å². The zero-order valence-corrected chi connectivity index (χ0v) is 9.96. The number of hydrogen-bond acceptors (Lipinski definition) is 3. The van der Waals surface area contributed by atoms with Crippen LogP contribution in [0.2, 0.25) is 0 Å². The van der Waals surface area contributed by atoms with Gasteiger partial charge in [0.1, 0.15) is 4.90 Å². The fourth-order valence-corrected chi connectivity index (χ4v) is 3.11. The lowest BCUT2D eigenvalue weighted by Gasteiger charge is -2.21. The Bertz CT molecular complexity index is 407. The van der Waals surface area contributed by atoms with Gasteiger partial charge in [0.2, 0.25) is 10.0 Å². The van der Waals surface area contributed by atoms with Crippen LogP contribution in [0.1, 0.15) is 32.1 Å². The Morgan fingerprint density at radius 2 is 2.12 bits per heavy atom. The molecular formula is C10H17N3O2S. The fraction of sp³-hybridized carbons (Fsp3) is 0.700. The normalized spacial score (nSPS) is 18.8. The molecule has 1 heterocycles. The molecule has 0 radical (unpaired) electrons. The molecule has 0 unspecified atom stereocenters. The molecule has 1 saturated carbocycles. The molecule has 1 aliphatic carbocycles. The van der Waals surface area contributed by atoms with Gasteiger partial charge >= 0.3 is 0 Å². The van der Waals surface area contributed by atoms with Gasteiger partial charge in [0.05, 0.1) is 6.20 Å². The Morgan fingerprint density at radius 3 is 2.75 bits per heavy atom. The van der Waals surface area contributed by atoms with Crippen LogP contribution in [0.25, 0.3) is 0 Å². The molecule has 1 fully saturated rings. The van der Waals surface area contributed by atoms with E-state index in [4.69, 9.17) is 0 Å².